The molecule has 0 bridgehead atoms. The Balaban J connectivity index is 1.56. The van der Waals surface area contributed by atoms with Crippen LogP contribution in [0.15, 0.2) is 24.3 Å². The molecule has 2 atom stereocenters. The highest BCUT2D eigenvalue weighted by atomic mass is 35.5. The van der Waals surface area contributed by atoms with Crippen molar-refractivity contribution in [2.24, 2.45) is 7.05 Å². The van der Waals surface area contributed by atoms with E-state index < -0.39 is 5.60 Å². The smallest absolute Gasteiger partial charge is 0.272 e. The number of rotatable bonds is 2. The maximum absolute atomic E-state index is 13.1. The van der Waals surface area contributed by atoms with Crippen LogP contribution >= 0.6 is 11.6 Å². The van der Waals surface area contributed by atoms with Crippen molar-refractivity contribution in [3.63, 3.8) is 0 Å². The first-order valence-electron chi connectivity index (χ1n) is 8.77. The molecule has 1 amide bonds. The Morgan fingerprint density at radius 1 is 1.31 bits per heavy atom. The van der Waals surface area contributed by atoms with Gasteiger partial charge in [0.25, 0.3) is 5.91 Å². The van der Waals surface area contributed by atoms with Crippen molar-refractivity contribution < 1.29 is 14.6 Å². The number of carbonyl (C=O) groups is 1. The van der Waals surface area contributed by atoms with Crippen molar-refractivity contribution in [1.29, 1.82) is 0 Å². The third kappa shape index (κ3) is 2.73. The number of aliphatic hydroxyl groups is 1. The average Bonchev–Trinajstić information content (AvgIpc) is 2.88. The van der Waals surface area contributed by atoms with Crippen molar-refractivity contribution >= 4 is 17.5 Å². The van der Waals surface area contributed by atoms with Gasteiger partial charge in [-0.05, 0) is 31.5 Å². The molecule has 1 saturated heterocycles. The fourth-order valence-corrected chi connectivity index (χ4v) is 4.08. The van der Waals surface area contributed by atoms with Crippen LogP contribution < -0.4 is 0 Å². The molecule has 1 aromatic carbocycles. The second-order valence-corrected chi connectivity index (χ2v) is 7.77. The van der Waals surface area contributed by atoms with Gasteiger partial charge >= 0.3 is 0 Å². The van der Waals surface area contributed by atoms with Gasteiger partial charge in [0.1, 0.15) is 11.3 Å². The minimum atomic E-state index is -1.03. The highest BCUT2D eigenvalue weighted by Gasteiger charge is 2.46. The van der Waals surface area contributed by atoms with Gasteiger partial charge in [-0.2, -0.15) is 5.10 Å². The summed E-state index contributed by atoms with van der Waals surface area (Å²) in [5.41, 5.74) is 2.14. The summed E-state index contributed by atoms with van der Waals surface area (Å²) in [6.45, 7) is 4.48. The Morgan fingerprint density at radius 3 is 2.62 bits per heavy atom. The van der Waals surface area contributed by atoms with Crippen LogP contribution in [-0.2, 0) is 23.8 Å². The number of benzene rings is 1. The number of β-amino-alcohol motifs (C(OH)–C–C–N with tert-alkyl or cyclic N) is 1. The Labute approximate surface area is 157 Å². The summed E-state index contributed by atoms with van der Waals surface area (Å²) < 4.78 is 7.45. The van der Waals surface area contributed by atoms with Crippen LogP contribution in [0.1, 0.15) is 47.3 Å². The van der Waals surface area contributed by atoms with Crippen LogP contribution in [0.2, 0.25) is 5.02 Å². The van der Waals surface area contributed by atoms with Crippen LogP contribution in [0.5, 0.6) is 0 Å². The van der Waals surface area contributed by atoms with Crippen LogP contribution in [-0.4, -0.2) is 44.9 Å². The molecule has 26 heavy (non-hydrogen) atoms. The van der Waals surface area contributed by atoms with Crippen molar-refractivity contribution in [2.45, 2.75) is 38.1 Å². The lowest BCUT2D eigenvalue weighted by Gasteiger charge is -2.46. The molecule has 0 radical (unpaired) electrons. The summed E-state index contributed by atoms with van der Waals surface area (Å²) in [5, 5.41) is 15.9. The van der Waals surface area contributed by atoms with E-state index in [2.05, 4.69) is 5.10 Å². The molecule has 7 heteroatoms. The number of likely N-dealkylation sites (tertiary alicyclic amines) is 1. The Bertz CT molecular complexity index is 856. The average molecular weight is 376 g/mol. The molecule has 1 fully saturated rings. The highest BCUT2D eigenvalue weighted by molar-refractivity contribution is 6.30. The van der Waals surface area contributed by atoms with Gasteiger partial charge in [0, 0.05) is 24.1 Å². The molecule has 138 valence electrons. The zero-order valence-electron chi connectivity index (χ0n) is 15.1. The lowest BCUT2D eigenvalue weighted by molar-refractivity contribution is -0.0867. The SMILES string of the molecule is C[C@@H]1Cc2c(nn(C)c2C(=O)N2CC(O)(c3ccc(Cl)cc3)C2)[C@H](C)O1. The maximum atomic E-state index is 13.1. The summed E-state index contributed by atoms with van der Waals surface area (Å²) in [4.78, 5) is 14.7. The second kappa shape index (κ2) is 6.08. The third-order valence-corrected chi connectivity index (χ3v) is 5.52. The number of aryl methyl sites for hydroxylation is 1. The second-order valence-electron chi connectivity index (χ2n) is 7.33. The van der Waals surface area contributed by atoms with Gasteiger partial charge in [0.05, 0.1) is 31.0 Å². The van der Waals surface area contributed by atoms with E-state index in [1.54, 1.807) is 40.9 Å². The van der Waals surface area contributed by atoms with Gasteiger partial charge in [-0.3, -0.25) is 9.48 Å². The Kier molecular flexibility index (Phi) is 4.10. The predicted molar refractivity (Wildman–Crippen MR) is 97.1 cm³/mol. The zero-order chi connectivity index (χ0) is 18.6. The molecule has 1 aromatic heterocycles. The molecule has 1 N–H and O–H groups in total. The van der Waals surface area contributed by atoms with E-state index in [0.717, 1.165) is 16.8 Å². The van der Waals surface area contributed by atoms with E-state index in [1.807, 2.05) is 13.8 Å². The Morgan fingerprint density at radius 2 is 1.96 bits per heavy atom. The number of ether oxygens (including phenoxy) is 1. The van der Waals surface area contributed by atoms with Crippen molar-refractivity contribution in [2.75, 3.05) is 13.1 Å². The van der Waals surface area contributed by atoms with Crippen LogP contribution in [0.25, 0.3) is 0 Å². The van der Waals surface area contributed by atoms with Gasteiger partial charge in [-0.25, -0.2) is 0 Å². The fraction of sp³-hybridized carbons (Fsp3) is 0.474. The minimum absolute atomic E-state index is 0.0515. The number of aromatic nitrogens is 2. The predicted octanol–water partition coefficient (Wildman–Crippen LogP) is 2.44. The number of nitrogens with zero attached hydrogens (tertiary/aromatic N) is 3. The monoisotopic (exact) mass is 375 g/mol. The quantitative estimate of drug-likeness (QED) is 0.875. The van der Waals surface area contributed by atoms with E-state index in [0.29, 0.717) is 17.1 Å². The van der Waals surface area contributed by atoms with Crippen LogP contribution in [0.4, 0.5) is 0 Å². The van der Waals surface area contributed by atoms with Gasteiger partial charge in [-0.15, -0.1) is 0 Å². The molecular formula is C19H22ClN3O3. The topological polar surface area (TPSA) is 67.6 Å². The highest BCUT2D eigenvalue weighted by Crippen LogP contribution is 2.36. The lowest BCUT2D eigenvalue weighted by Crippen LogP contribution is -2.61. The van der Waals surface area contributed by atoms with E-state index in [-0.39, 0.29) is 31.2 Å². The number of fused-ring (bicyclic) bond motifs is 1. The standard InChI is InChI=1S/C19H22ClN3O3/c1-11-8-15-16(12(2)26-11)21-22(3)17(15)18(24)23-9-19(25,10-23)13-4-6-14(20)7-5-13/h4-7,11-12,25H,8-10H2,1-3H3/t11-,12+/m1/s1. The maximum Gasteiger partial charge on any atom is 0.272 e. The minimum Gasteiger partial charge on any atom is -0.381 e. The fourth-order valence-electron chi connectivity index (χ4n) is 3.95. The first-order valence-corrected chi connectivity index (χ1v) is 9.15. The molecule has 0 aliphatic carbocycles. The molecule has 2 aromatic rings. The number of halogens is 1. The largest absolute Gasteiger partial charge is 0.381 e. The molecule has 2 aliphatic rings. The normalized spacial score (nSPS) is 24.1. The lowest BCUT2D eigenvalue weighted by atomic mass is 9.85. The molecule has 0 spiro atoms. The van der Waals surface area contributed by atoms with Gasteiger partial charge in [0.2, 0.25) is 0 Å². The summed E-state index contributed by atoms with van der Waals surface area (Å²) in [6, 6.07) is 7.10. The molecule has 0 saturated carbocycles. The first kappa shape index (κ1) is 17.5. The summed E-state index contributed by atoms with van der Waals surface area (Å²) in [6.07, 6.45) is 0.601. The van der Waals surface area contributed by atoms with Gasteiger partial charge in [0.15, 0.2) is 0 Å². The molecule has 6 nitrogen and oxygen atoms in total. The molecule has 4 rings (SSSR count). The van der Waals surface area contributed by atoms with E-state index in [4.69, 9.17) is 16.3 Å². The molecular weight excluding hydrogens is 354 g/mol. The van der Waals surface area contributed by atoms with Crippen molar-refractivity contribution in [3.05, 3.63) is 51.8 Å². The summed E-state index contributed by atoms with van der Waals surface area (Å²) >= 11 is 5.91. The summed E-state index contributed by atoms with van der Waals surface area (Å²) in [7, 11) is 1.79. The summed E-state index contributed by atoms with van der Waals surface area (Å²) in [5.74, 6) is -0.0961. The Hall–Kier alpha value is -1.89. The zero-order valence-corrected chi connectivity index (χ0v) is 15.8. The van der Waals surface area contributed by atoms with Crippen molar-refractivity contribution in [1.82, 2.24) is 14.7 Å². The van der Waals surface area contributed by atoms with Gasteiger partial charge in [-0.1, -0.05) is 23.7 Å². The molecule has 3 heterocycles. The van der Waals surface area contributed by atoms with Gasteiger partial charge < -0.3 is 14.7 Å². The van der Waals surface area contributed by atoms with E-state index >= 15 is 0 Å². The van der Waals surface area contributed by atoms with E-state index in [9.17, 15) is 9.90 Å². The number of carbonyl (C=O) groups excluding carboxylic acids is 1. The third-order valence-electron chi connectivity index (χ3n) is 5.27. The van der Waals surface area contributed by atoms with E-state index in [1.165, 1.54) is 0 Å². The van der Waals surface area contributed by atoms with Crippen LogP contribution in [0, 0.1) is 0 Å². The molecule has 2 aliphatic heterocycles. The van der Waals surface area contributed by atoms with Crippen molar-refractivity contribution in [3.8, 4) is 0 Å². The number of hydrogen-bond donors (Lipinski definition) is 1. The first-order chi connectivity index (χ1) is 12.3. The number of hydrogen-bond acceptors (Lipinski definition) is 4. The molecule has 0 unspecified atom stereocenters. The number of amides is 1. The van der Waals surface area contributed by atoms with Crippen LogP contribution in [0.3, 0.4) is 0 Å².